The van der Waals surface area contributed by atoms with Crippen LogP contribution in [0.4, 0.5) is 0 Å². The summed E-state index contributed by atoms with van der Waals surface area (Å²) in [5.74, 6) is -0.197. The maximum Gasteiger partial charge on any atom is 0.303 e. The number of carboxylic acid groups (broad SMARTS) is 1. The average molecular weight is 422 g/mol. The van der Waals surface area contributed by atoms with Crippen LogP contribution in [0.2, 0.25) is 20.1 Å². The quantitative estimate of drug-likeness (QED) is 0.369. The van der Waals surface area contributed by atoms with E-state index in [0.717, 1.165) is 24.0 Å². The number of hydrogen-bond acceptors (Lipinski definition) is 2. The highest BCUT2D eigenvalue weighted by Crippen LogP contribution is 2.37. The minimum absolute atomic E-state index is 0.182. The highest BCUT2D eigenvalue weighted by Gasteiger charge is 2.10. The number of unbranched alkanes of at least 4 members (excludes halogenated alkanes) is 2. The Labute approximate surface area is 166 Å². The van der Waals surface area contributed by atoms with Crippen molar-refractivity contribution < 1.29 is 14.6 Å². The van der Waals surface area contributed by atoms with Crippen LogP contribution in [0.3, 0.4) is 0 Å². The molecule has 7 heteroatoms. The molecule has 134 valence electrons. The molecular weight excluding hydrogens is 406 g/mol. The predicted molar refractivity (Wildman–Crippen MR) is 104 cm³/mol. The number of hydrogen-bond donors (Lipinski definition) is 1. The Kier molecular flexibility index (Phi) is 7.70. The van der Waals surface area contributed by atoms with Crippen molar-refractivity contribution in [1.82, 2.24) is 0 Å². The van der Waals surface area contributed by atoms with E-state index in [4.69, 9.17) is 56.2 Å². The van der Waals surface area contributed by atoms with Gasteiger partial charge in [0.2, 0.25) is 0 Å². The van der Waals surface area contributed by atoms with E-state index < -0.39 is 5.97 Å². The molecule has 0 aliphatic rings. The lowest BCUT2D eigenvalue weighted by atomic mass is 10.1. The average Bonchev–Trinajstić information content (AvgIpc) is 2.56. The molecule has 0 spiro atoms. The number of carboxylic acids is 1. The van der Waals surface area contributed by atoms with Gasteiger partial charge in [-0.1, -0.05) is 52.5 Å². The molecule has 0 fully saturated rings. The first-order valence-electron chi connectivity index (χ1n) is 7.67. The summed E-state index contributed by atoms with van der Waals surface area (Å²) in [5, 5.41) is 10.1. The molecule has 2 rings (SSSR count). The molecule has 0 saturated heterocycles. The Hall–Kier alpha value is -1.13. The van der Waals surface area contributed by atoms with Gasteiger partial charge in [-0.3, -0.25) is 4.79 Å². The van der Waals surface area contributed by atoms with Gasteiger partial charge in [0.1, 0.15) is 5.75 Å². The van der Waals surface area contributed by atoms with Gasteiger partial charge in [-0.15, -0.1) is 0 Å². The first-order valence-corrected chi connectivity index (χ1v) is 9.18. The molecular formula is C18H16Cl4O3. The molecule has 0 radical (unpaired) electrons. The second-order valence-electron chi connectivity index (χ2n) is 5.45. The highest BCUT2D eigenvalue weighted by atomic mass is 35.5. The Morgan fingerprint density at radius 2 is 1.52 bits per heavy atom. The monoisotopic (exact) mass is 420 g/mol. The van der Waals surface area contributed by atoms with Crippen LogP contribution >= 0.6 is 46.4 Å². The minimum atomic E-state index is -0.776. The largest absolute Gasteiger partial charge is 0.492 e. The van der Waals surface area contributed by atoms with E-state index in [1.807, 2.05) is 6.07 Å². The molecule has 0 aromatic heterocycles. The summed E-state index contributed by atoms with van der Waals surface area (Å²) in [6, 6.07) is 8.87. The number of aliphatic carboxylic acids is 1. The van der Waals surface area contributed by atoms with E-state index >= 15 is 0 Å². The van der Waals surface area contributed by atoms with Crippen molar-refractivity contribution in [3.63, 3.8) is 0 Å². The smallest absolute Gasteiger partial charge is 0.303 e. The zero-order chi connectivity index (χ0) is 18.4. The Morgan fingerprint density at radius 3 is 2.12 bits per heavy atom. The third-order valence-electron chi connectivity index (χ3n) is 3.54. The van der Waals surface area contributed by atoms with E-state index in [1.54, 1.807) is 24.3 Å². The van der Waals surface area contributed by atoms with Gasteiger partial charge in [0, 0.05) is 6.42 Å². The van der Waals surface area contributed by atoms with Crippen molar-refractivity contribution >= 4 is 52.4 Å². The van der Waals surface area contributed by atoms with E-state index in [9.17, 15) is 4.79 Å². The molecule has 2 aromatic rings. The lowest BCUT2D eigenvalue weighted by molar-refractivity contribution is -0.137. The number of benzene rings is 2. The molecule has 0 atom stereocenters. The van der Waals surface area contributed by atoms with Crippen molar-refractivity contribution in [2.24, 2.45) is 0 Å². The molecule has 0 unspecified atom stereocenters. The zero-order valence-corrected chi connectivity index (χ0v) is 16.2. The van der Waals surface area contributed by atoms with E-state index in [2.05, 4.69) is 0 Å². The Balaban J connectivity index is 1.97. The highest BCUT2D eigenvalue weighted by molar-refractivity contribution is 6.48. The Morgan fingerprint density at radius 1 is 0.880 bits per heavy atom. The molecule has 1 N–H and O–H groups in total. The van der Waals surface area contributed by atoms with Crippen LogP contribution in [0.1, 0.15) is 25.7 Å². The molecule has 0 aliphatic carbocycles. The van der Waals surface area contributed by atoms with Crippen LogP contribution in [-0.4, -0.2) is 17.7 Å². The molecule has 2 aromatic carbocycles. The zero-order valence-electron chi connectivity index (χ0n) is 13.2. The van der Waals surface area contributed by atoms with Gasteiger partial charge >= 0.3 is 5.97 Å². The molecule has 0 aliphatic heterocycles. The lowest BCUT2D eigenvalue weighted by Gasteiger charge is -2.11. The third-order valence-corrected chi connectivity index (χ3v) is 5.03. The van der Waals surface area contributed by atoms with Gasteiger partial charge in [0.25, 0.3) is 0 Å². The van der Waals surface area contributed by atoms with Crippen LogP contribution < -0.4 is 4.74 Å². The van der Waals surface area contributed by atoms with Crippen molar-refractivity contribution in [1.29, 1.82) is 0 Å². The number of carbonyl (C=O) groups is 1. The summed E-state index contributed by atoms with van der Waals surface area (Å²) >= 11 is 24.4. The van der Waals surface area contributed by atoms with Crippen LogP contribution in [-0.2, 0) is 4.79 Å². The first kappa shape index (κ1) is 20.2. The molecule has 0 amide bonds. The van der Waals surface area contributed by atoms with E-state index in [-0.39, 0.29) is 6.42 Å². The van der Waals surface area contributed by atoms with Crippen molar-refractivity contribution in [3.05, 3.63) is 50.4 Å². The van der Waals surface area contributed by atoms with Gasteiger partial charge in [0.15, 0.2) is 0 Å². The fourth-order valence-electron chi connectivity index (χ4n) is 2.26. The minimum Gasteiger partial charge on any atom is -0.492 e. The molecule has 0 bridgehead atoms. The van der Waals surface area contributed by atoms with Gasteiger partial charge in [0.05, 0.1) is 26.7 Å². The first-order chi connectivity index (χ1) is 11.9. The topological polar surface area (TPSA) is 46.5 Å². The van der Waals surface area contributed by atoms with Crippen LogP contribution in [0, 0.1) is 0 Å². The second kappa shape index (κ2) is 9.54. The van der Waals surface area contributed by atoms with Gasteiger partial charge in [-0.25, -0.2) is 0 Å². The van der Waals surface area contributed by atoms with Gasteiger partial charge < -0.3 is 9.84 Å². The third kappa shape index (κ3) is 5.96. The maximum atomic E-state index is 10.4. The van der Waals surface area contributed by atoms with Crippen molar-refractivity contribution in [3.8, 4) is 16.9 Å². The fraction of sp³-hybridized carbons (Fsp3) is 0.278. The summed E-state index contributed by atoms with van der Waals surface area (Å²) in [7, 11) is 0. The van der Waals surface area contributed by atoms with Crippen LogP contribution in [0.5, 0.6) is 5.75 Å². The summed E-state index contributed by atoms with van der Waals surface area (Å²) in [6.07, 6.45) is 2.39. The van der Waals surface area contributed by atoms with Gasteiger partial charge in [-0.05, 0) is 54.7 Å². The fourth-order valence-corrected chi connectivity index (χ4v) is 3.09. The summed E-state index contributed by atoms with van der Waals surface area (Å²) in [6.45, 7) is 0.483. The van der Waals surface area contributed by atoms with Crippen molar-refractivity contribution in [2.75, 3.05) is 6.61 Å². The summed E-state index contributed by atoms with van der Waals surface area (Å²) in [5.41, 5.74) is 1.65. The molecule has 0 heterocycles. The van der Waals surface area contributed by atoms with E-state index in [0.29, 0.717) is 38.9 Å². The number of rotatable bonds is 8. The standard InChI is InChI=1S/C18H16Cl4O3/c19-13-8-11(12-9-14(20)18(22)15(21)10-12)5-6-16(13)25-7-3-1-2-4-17(23)24/h5-6,8-10H,1-4,7H2,(H,23,24). The number of ether oxygens (including phenoxy) is 1. The molecule has 25 heavy (non-hydrogen) atoms. The van der Waals surface area contributed by atoms with Gasteiger partial charge in [-0.2, -0.15) is 0 Å². The van der Waals surface area contributed by atoms with Crippen LogP contribution in [0.15, 0.2) is 30.3 Å². The summed E-state index contributed by atoms with van der Waals surface area (Å²) < 4.78 is 5.65. The van der Waals surface area contributed by atoms with Crippen LogP contribution in [0.25, 0.3) is 11.1 Å². The normalized spacial score (nSPS) is 10.7. The van der Waals surface area contributed by atoms with E-state index in [1.165, 1.54) is 0 Å². The number of halogens is 4. The second-order valence-corrected chi connectivity index (χ2v) is 7.05. The SMILES string of the molecule is O=C(O)CCCCCOc1ccc(-c2cc(Cl)c(Cl)c(Cl)c2)cc1Cl. The lowest BCUT2D eigenvalue weighted by Crippen LogP contribution is -1.99. The van der Waals surface area contributed by atoms with Crippen molar-refractivity contribution in [2.45, 2.75) is 25.7 Å². The molecule has 0 saturated carbocycles. The Bertz CT molecular complexity index is 739. The maximum absolute atomic E-state index is 10.4. The predicted octanol–water partition coefficient (Wildman–Crippen LogP) is 6.99. The summed E-state index contributed by atoms with van der Waals surface area (Å²) in [4.78, 5) is 10.4. The molecule has 3 nitrogen and oxygen atoms in total.